The number of rotatable bonds is 0. The smallest absolute Gasteiger partial charge is 0.198 e. The standard InChI is InChI=1S/C12H18O2/c13-11-9-7-5-3-1-2-4-6-8-10-12(11)14/h1-2H,3-10H2. The Morgan fingerprint density at radius 1 is 0.714 bits per heavy atom. The monoisotopic (exact) mass is 194 g/mol. The molecule has 0 aromatic heterocycles. The Labute approximate surface area is 85.4 Å². The van der Waals surface area contributed by atoms with Crippen LogP contribution in [0, 0.1) is 0 Å². The van der Waals surface area contributed by atoms with Gasteiger partial charge < -0.3 is 0 Å². The van der Waals surface area contributed by atoms with E-state index in [2.05, 4.69) is 12.2 Å². The summed E-state index contributed by atoms with van der Waals surface area (Å²) in [4.78, 5) is 22.5. The topological polar surface area (TPSA) is 34.1 Å². The summed E-state index contributed by atoms with van der Waals surface area (Å²) in [6, 6.07) is 0. The van der Waals surface area contributed by atoms with Gasteiger partial charge in [-0.15, -0.1) is 0 Å². The summed E-state index contributed by atoms with van der Waals surface area (Å²) < 4.78 is 0. The molecule has 0 saturated carbocycles. The average Bonchev–Trinajstić information content (AvgIpc) is 2.18. The molecule has 0 aliphatic heterocycles. The summed E-state index contributed by atoms with van der Waals surface area (Å²) in [5.74, 6) is -0.316. The van der Waals surface area contributed by atoms with E-state index in [1.54, 1.807) is 0 Å². The van der Waals surface area contributed by atoms with Crippen molar-refractivity contribution >= 4 is 11.6 Å². The fourth-order valence-electron chi connectivity index (χ4n) is 1.61. The van der Waals surface area contributed by atoms with Crippen molar-refractivity contribution in [2.75, 3.05) is 0 Å². The Morgan fingerprint density at radius 2 is 1.14 bits per heavy atom. The lowest BCUT2D eigenvalue weighted by Crippen LogP contribution is -2.13. The van der Waals surface area contributed by atoms with E-state index in [-0.39, 0.29) is 11.6 Å². The number of allylic oxidation sites excluding steroid dienone is 2. The van der Waals surface area contributed by atoms with Crippen molar-refractivity contribution in [3.8, 4) is 0 Å². The van der Waals surface area contributed by atoms with Crippen LogP contribution in [0.3, 0.4) is 0 Å². The molecule has 0 saturated heterocycles. The fraction of sp³-hybridized carbons (Fsp3) is 0.667. The van der Waals surface area contributed by atoms with E-state index in [1.165, 1.54) is 0 Å². The molecule has 0 radical (unpaired) electrons. The number of hydrogen-bond donors (Lipinski definition) is 0. The maximum absolute atomic E-state index is 11.3. The van der Waals surface area contributed by atoms with E-state index in [4.69, 9.17) is 0 Å². The molecule has 14 heavy (non-hydrogen) atoms. The molecule has 1 rings (SSSR count). The Morgan fingerprint density at radius 3 is 1.57 bits per heavy atom. The minimum Gasteiger partial charge on any atom is -0.291 e. The summed E-state index contributed by atoms with van der Waals surface area (Å²) in [5, 5.41) is 0. The lowest BCUT2D eigenvalue weighted by molar-refractivity contribution is -0.136. The highest BCUT2D eigenvalue weighted by atomic mass is 16.2. The van der Waals surface area contributed by atoms with E-state index >= 15 is 0 Å². The molecule has 2 heteroatoms. The molecular formula is C12H18O2. The Balaban J connectivity index is 2.39. The number of hydrogen-bond acceptors (Lipinski definition) is 2. The first-order valence-corrected chi connectivity index (χ1v) is 5.52. The quantitative estimate of drug-likeness (QED) is 0.439. The molecule has 0 bridgehead atoms. The molecule has 0 heterocycles. The zero-order valence-electron chi connectivity index (χ0n) is 8.63. The maximum atomic E-state index is 11.3. The van der Waals surface area contributed by atoms with E-state index in [9.17, 15) is 9.59 Å². The normalized spacial score (nSPS) is 21.4. The molecule has 1 aliphatic carbocycles. The van der Waals surface area contributed by atoms with Gasteiger partial charge in [-0.05, 0) is 38.5 Å². The number of carbonyl (C=O) groups is 2. The van der Waals surface area contributed by atoms with Crippen LogP contribution in [0.25, 0.3) is 0 Å². The van der Waals surface area contributed by atoms with Crippen LogP contribution in [-0.2, 0) is 9.59 Å². The van der Waals surface area contributed by atoms with Crippen LogP contribution >= 0.6 is 0 Å². The first kappa shape index (κ1) is 11.2. The summed E-state index contributed by atoms with van der Waals surface area (Å²) in [6.45, 7) is 0. The van der Waals surface area contributed by atoms with Crippen LogP contribution in [0.1, 0.15) is 51.4 Å². The van der Waals surface area contributed by atoms with Crippen LogP contribution in [0.15, 0.2) is 12.2 Å². The number of carbonyl (C=O) groups excluding carboxylic acids is 2. The summed E-state index contributed by atoms with van der Waals surface area (Å²) in [6.07, 6.45) is 11.1. The van der Waals surface area contributed by atoms with Gasteiger partial charge in [-0.3, -0.25) is 9.59 Å². The third-order valence-corrected chi connectivity index (χ3v) is 2.53. The van der Waals surface area contributed by atoms with Gasteiger partial charge in [0.25, 0.3) is 0 Å². The van der Waals surface area contributed by atoms with Gasteiger partial charge in [0.1, 0.15) is 0 Å². The van der Waals surface area contributed by atoms with Crippen LogP contribution in [0.5, 0.6) is 0 Å². The van der Waals surface area contributed by atoms with Gasteiger partial charge in [-0.25, -0.2) is 0 Å². The summed E-state index contributed by atoms with van der Waals surface area (Å²) in [5.41, 5.74) is 0. The van der Waals surface area contributed by atoms with Gasteiger partial charge in [-0.1, -0.05) is 12.2 Å². The van der Waals surface area contributed by atoms with Crippen molar-refractivity contribution in [2.24, 2.45) is 0 Å². The Hall–Kier alpha value is -0.920. The van der Waals surface area contributed by atoms with Gasteiger partial charge in [0.05, 0.1) is 0 Å². The molecular weight excluding hydrogens is 176 g/mol. The third kappa shape index (κ3) is 4.35. The zero-order chi connectivity index (χ0) is 10.2. The second-order valence-corrected chi connectivity index (χ2v) is 3.81. The molecule has 2 nitrogen and oxygen atoms in total. The largest absolute Gasteiger partial charge is 0.291 e. The molecule has 0 aromatic rings. The Kier molecular flexibility index (Phi) is 5.20. The molecule has 78 valence electrons. The van der Waals surface area contributed by atoms with Crippen molar-refractivity contribution < 1.29 is 9.59 Å². The highest BCUT2D eigenvalue weighted by Crippen LogP contribution is 2.08. The minimum absolute atomic E-state index is 0.158. The fourth-order valence-corrected chi connectivity index (χ4v) is 1.61. The van der Waals surface area contributed by atoms with Crippen LogP contribution in [0.2, 0.25) is 0 Å². The van der Waals surface area contributed by atoms with Crippen LogP contribution < -0.4 is 0 Å². The van der Waals surface area contributed by atoms with Gasteiger partial charge in [-0.2, -0.15) is 0 Å². The average molecular weight is 194 g/mol. The van der Waals surface area contributed by atoms with Crippen LogP contribution in [0.4, 0.5) is 0 Å². The molecule has 0 aromatic carbocycles. The van der Waals surface area contributed by atoms with E-state index in [0.29, 0.717) is 12.8 Å². The van der Waals surface area contributed by atoms with Gasteiger partial charge in [0, 0.05) is 12.8 Å². The molecule has 0 spiro atoms. The second-order valence-electron chi connectivity index (χ2n) is 3.81. The number of ketones is 2. The first-order valence-electron chi connectivity index (χ1n) is 5.52. The second kappa shape index (κ2) is 6.52. The van der Waals surface area contributed by atoms with Gasteiger partial charge in [0.15, 0.2) is 11.6 Å². The predicted octanol–water partition coefficient (Wildman–Crippen LogP) is 2.82. The van der Waals surface area contributed by atoms with Crippen LogP contribution in [-0.4, -0.2) is 11.6 Å². The summed E-state index contributed by atoms with van der Waals surface area (Å²) in [7, 11) is 0. The predicted molar refractivity (Wildman–Crippen MR) is 56.1 cm³/mol. The molecule has 0 atom stereocenters. The van der Waals surface area contributed by atoms with Crippen molar-refractivity contribution in [1.29, 1.82) is 0 Å². The van der Waals surface area contributed by atoms with Crippen molar-refractivity contribution in [1.82, 2.24) is 0 Å². The van der Waals surface area contributed by atoms with E-state index in [1.807, 2.05) is 0 Å². The highest BCUT2D eigenvalue weighted by molar-refractivity contribution is 6.37. The van der Waals surface area contributed by atoms with Crippen molar-refractivity contribution in [3.63, 3.8) is 0 Å². The molecule has 0 fully saturated rings. The lowest BCUT2D eigenvalue weighted by atomic mass is 10.0. The molecule has 1 aliphatic rings. The first-order chi connectivity index (χ1) is 6.80. The zero-order valence-corrected chi connectivity index (χ0v) is 8.63. The van der Waals surface area contributed by atoms with E-state index in [0.717, 1.165) is 38.5 Å². The molecule has 0 N–H and O–H groups in total. The van der Waals surface area contributed by atoms with Gasteiger partial charge >= 0.3 is 0 Å². The third-order valence-electron chi connectivity index (χ3n) is 2.53. The Bertz CT molecular complexity index is 204. The SMILES string of the molecule is O=C1CCCCC=CCCCCC1=O. The maximum Gasteiger partial charge on any atom is 0.198 e. The highest BCUT2D eigenvalue weighted by Gasteiger charge is 2.12. The molecule has 0 unspecified atom stereocenters. The molecule has 0 amide bonds. The van der Waals surface area contributed by atoms with Crippen molar-refractivity contribution in [2.45, 2.75) is 51.4 Å². The van der Waals surface area contributed by atoms with E-state index < -0.39 is 0 Å². The summed E-state index contributed by atoms with van der Waals surface area (Å²) >= 11 is 0. The minimum atomic E-state index is -0.158. The lowest BCUT2D eigenvalue weighted by Gasteiger charge is -2.01. The van der Waals surface area contributed by atoms with Crippen molar-refractivity contribution in [3.05, 3.63) is 12.2 Å². The number of Topliss-reactive ketones (excluding diaryl/α,β-unsaturated/α-hetero) is 2. The van der Waals surface area contributed by atoms with Gasteiger partial charge in [0.2, 0.25) is 0 Å².